The van der Waals surface area contributed by atoms with Crippen molar-refractivity contribution in [2.45, 2.75) is 18.4 Å². The Kier molecular flexibility index (Phi) is 4.67. The molecule has 1 aliphatic rings. The summed E-state index contributed by atoms with van der Waals surface area (Å²) in [6.45, 7) is 1.92. The fourth-order valence-electron chi connectivity index (χ4n) is 1.53. The standard InChI is InChI=1S/C9H15Cl2NO2/c10-5-8(11)6-12-3-1-9(14,7-13)2-4-12/h5,13-14H,1-4,6-7H2/b8-5-. The first-order chi connectivity index (χ1) is 6.59. The summed E-state index contributed by atoms with van der Waals surface area (Å²) in [5.41, 5.74) is 0.460. The molecule has 0 bridgehead atoms. The summed E-state index contributed by atoms with van der Waals surface area (Å²) in [4.78, 5) is 2.10. The Hall–Kier alpha value is 0.200. The zero-order chi connectivity index (χ0) is 10.6. The number of piperidine rings is 1. The van der Waals surface area contributed by atoms with Crippen LogP contribution in [0.2, 0.25) is 0 Å². The smallest absolute Gasteiger partial charge is 0.0901 e. The van der Waals surface area contributed by atoms with Gasteiger partial charge in [-0.05, 0) is 12.8 Å². The summed E-state index contributed by atoms with van der Waals surface area (Å²) in [6, 6.07) is 0. The van der Waals surface area contributed by atoms with Crippen LogP contribution in [0.4, 0.5) is 0 Å². The van der Waals surface area contributed by atoms with E-state index in [0.717, 1.165) is 13.1 Å². The molecule has 0 aliphatic carbocycles. The van der Waals surface area contributed by atoms with Crippen molar-refractivity contribution in [3.8, 4) is 0 Å². The minimum Gasteiger partial charge on any atom is -0.393 e. The van der Waals surface area contributed by atoms with Gasteiger partial charge >= 0.3 is 0 Å². The molecule has 1 fully saturated rings. The molecule has 0 spiro atoms. The third kappa shape index (κ3) is 3.41. The Balaban J connectivity index is 2.36. The van der Waals surface area contributed by atoms with Gasteiger partial charge < -0.3 is 10.2 Å². The van der Waals surface area contributed by atoms with Gasteiger partial charge in [-0.3, -0.25) is 4.90 Å². The molecule has 0 saturated carbocycles. The molecule has 0 aromatic carbocycles. The van der Waals surface area contributed by atoms with Crippen molar-refractivity contribution in [3.63, 3.8) is 0 Å². The SMILES string of the molecule is OCC1(O)CCN(C/C(Cl)=C/Cl)CC1. The predicted molar refractivity (Wildman–Crippen MR) is 57.5 cm³/mol. The highest BCUT2D eigenvalue weighted by molar-refractivity contribution is 6.36. The Labute approximate surface area is 93.9 Å². The van der Waals surface area contributed by atoms with E-state index < -0.39 is 5.60 Å². The summed E-state index contributed by atoms with van der Waals surface area (Å²) < 4.78 is 0. The van der Waals surface area contributed by atoms with E-state index in [-0.39, 0.29) is 6.61 Å². The van der Waals surface area contributed by atoms with E-state index >= 15 is 0 Å². The van der Waals surface area contributed by atoms with E-state index in [9.17, 15) is 5.11 Å². The zero-order valence-corrected chi connectivity index (χ0v) is 9.43. The molecule has 1 heterocycles. The number of hydrogen-bond donors (Lipinski definition) is 2. The van der Waals surface area contributed by atoms with Gasteiger partial charge in [0.2, 0.25) is 0 Å². The fraction of sp³-hybridized carbons (Fsp3) is 0.778. The minimum atomic E-state index is -0.895. The van der Waals surface area contributed by atoms with E-state index in [1.54, 1.807) is 0 Å². The van der Waals surface area contributed by atoms with Crippen LogP contribution < -0.4 is 0 Å². The van der Waals surface area contributed by atoms with E-state index in [0.29, 0.717) is 24.4 Å². The third-order valence-electron chi connectivity index (χ3n) is 2.57. The molecule has 82 valence electrons. The van der Waals surface area contributed by atoms with Crippen LogP contribution >= 0.6 is 23.2 Å². The fourth-order valence-corrected chi connectivity index (χ4v) is 1.77. The van der Waals surface area contributed by atoms with Crippen LogP contribution in [0, 0.1) is 0 Å². The normalized spacial score (nSPS) is 23.9. The summed E-state index contributed by atoms with van der Waals surface area (Å²) >= 11 is 11.2. The lowest BCUT2D eigenvalue weighted by Crippen LogP contribution is -2.46. The summed E-state index contributed by atoms with van der Waals surface area (Å²) in [7, 11) is 0. The molecule has 0 amide bonds. The number of aliphatic hydroxyl groups is 2. The van der Waals surface area contributed by atoms with Gasteiger partial charge in [-0.1, -0.05) is 23.2 Å². The van der Waals surface area contributed by atoms with Gasteiger partial charge in [-0.15, -0.1) is 0 Å². The lowest BCUT2D eigenvalue weighted by atomic mass is 9.92. The number of rotatable bonds is 3. The van der Waals surface area contributed by atoms with E-state index in [4.69, 9.17) is 28.3 Å². The summed E-state index contributed by atoms with van der Waals surface area (Å²) in [5, 5.41) is 19.3. The van der Waals surface area contributed by atoms with Gasteiger partial charge in [0.05, 0.1) is 12.2 Å². The van der Waals surface area contributed by atoms with Crippen LogP contribution in [-0.4, -0.2) is 47.0 Å². The van der Waals surface area contributed by atoms with Gasteiger partial charge in [0.25, 0.3) is 0 Å². The summed E-state index contributed by atoms with van der Waals surface area (Å²) in [6.07, 6.45) is 1.16. The lowest BCUT2D eigenvalue weighted by Gasteiger charge is -2.36. The van der Waals surface area contributed by atoms with Gasteiger partial charge in [0.1, 0.15) is 0 Å². The van der Waals surface area contributed by atoms with Crippen molar-refractivity contribution < 1.29 is 10.2 Å². The highest BCUT2D eigenvalue weighted by Gasteiger charge is 2.31. The molecule has 1 rings (SSSR count). The average molecular weight is 240 g/mol. The molecule has 3 nitrogen and oxygen atoms in total. The molecule has 0 atom stereocenters. The zero-order valence-electron chi connectivity index (χ0n) is 7.92. The van der Waals surface area contributed by atoms with Crippen molar-refractivity contribution >= 4 is 23.2 Å². The first-order valence-electron chi connectivity index (χ1n) is 4.60. The number of halogens is 2. The van der Waals surface area contributed by atoms with Gasteiger partial charge in [-0.25, -0.2) is 0 Å². The Bertz CT molecular complexity index is 213. The highest BCUT2D eigenvalue weighted by atomic mass is 35.5. The molecule has 1 aliphatic heterocycles. The number of hydrogen-bond acceptors (Lipinski definition) is 3. The lowest BCUT2D eigenvalue weighted by molar-refractivity contribution is -0.0578. The minimum absolute atomic E-state index is 0.167. The monoisotopic (exact) mass is 239 g/mol. The van der Waals surface area contributed by atoms with Crippen LogP contribution in [0.15, 0.2) is 10.6 Å². The predicted octanol–water partition coefficient (Wildman–Crippen LogP) is 1.12. The highest BCUT2D eigenvalue weighted by Crippen LogP contribution is 2.22. The van der Waals surface area contributed by atoms with Crippen LogP contribution in [0.1, 0.15) is 12.8 Å². The molecule has 0 unspecified atom stereocenters. The van der Waals surface area contributed by atoms with Gasteiger partial charge in [-0.2, -0.15) is 0 Å². The molecule has 2 N–H and O–H groups in total. The molecular weight excluding hydrogens is 225 g/mol. The van der Waals surface area contributed by atoms with Crippen molar-refractivity contribution in [2.24, 2.45) is 0 Å². The van der Waals surface area contributed by atoms with Crippen molar-refractivity contribution in [2.75, 3.05) is 26.2 Å². The number of aliphatic hydroxyl groups excluding tert-OH is 1. The number of likely N-dealkylation sites (tertiary alicyclic amines) is 1. The van der Waals surface area contributed by atoms with Crippen molar-refractivity contribution in [3.05, 3.63) is 10.6 Å². The van der Waals surface area contributed by atoms with Crippen molar-refractivity contribution in [1.29, 1.82) is 0 Å². The maximum absolute atomic E-state index is 9.74. The Morgan fingerprint density at radius 1 is 1.43 bits per heavy atom. The second-order valence-electron chi connectivity index (χ2n) is 3.71. The van der Waals surface area contributed by atoms with Crippen molar-refractivity contribution in [1.82, 2.24) is 4.90 Å². The van der Waals surface area contributed by atoms with E-state index in [2.05, 4.69) is 4.90 Å². The Morgan fingerprint density at radius 2 is 2.00 bits per heavy atom. The molecule has 14 heavy (non-hydrogen) atoms. The van der Waals surface area contributed by atoms with Gasteiger partial charge in [0, 0.05) is 30.2 Å². The molecule has 0 aromatic heterocycles. The van der Waals surface area contributed by atoms with E-state index in [1.165, 1.54) is 5.54 Å². The van der Waals surface area contributed by atoms with Gasteiger partial charge in [0.15, 0.2) is 0 Å². The molecule has 0 radical (unpaired) electrons. The Morgan fingerprint density at radius 3 is 2.43 bits per heavy atom. The number of nitrogens with zero attached hydrogens (tertiary/aromatic N) is 1. The van der Waals surface area contributed by atoms with Crippen LogP contribution in [0.5, 0.6) is 0 Å². The topological polar surface area (TPSA) is 43.7 Å². The quantitative estimate of drug-likeness (QED) is 0.777. The molecule has 0 aromatic rings. The first-order valence-corrected chi connectivity index (χ1v) is 5.41. The first kappa shape index (κ1) is 12.3. The third-order valence-corrected chi connectivity index (χ3v) is 3.18. The van der Waals surface area contributed by atoms with Crippen LogP contribution in [0.3, 0.4) is 0 Å². The largest absolute Gasteiger partial charge is 0.393 e. The summed E-state index contributed by atoms with van der Waals surface area (Å²) in [5.74, 6) is 0. The molecule has 5 heteroatoms. The van der Waals surface area contributed by atoms with Crippen LogP contribution in [0.25, 0.3) is 0 Å². The molecule has 1 saturated heterocycles. The maximum Gasteiger partial charge on any atom is 0.0901 e. The maximum atomic E-state index is 9.74. The van der Waals surface area contributed by atoms with Crippen LogP contribution in [-0.2, 0) is 0 Å². The molecular formula is C9H15Cl2NO2. The average Bonchev–Trinajstić information content (AvgIpc) is 2.21. The second-order valence-corrected chi connectivity index (χ2v) is 4.42. The van der Waals surface area contributed by atoms with E-state index in [1.807, 2.05) is 0 Å². The second kappa shape index (κ2) is 5.33.